The number of amides is 1. The smallest absolute Gasteiger partial charge is 0.405 e. The molecule has 37 heavy (non-hydrogen) atoms. The van der Waals surface area contributed by atoms with E-state index in [1.54, 1.807) is 44.2 Å². The van der Waals surface area contributed by atoms with Crippen LogP contribution in [-0.4, -0.2) is 60.9 Å². The highest BCUT2D eigenvalue weighted by atomic mass is 16.6. The molecule has 0 aliphatic carbocycles. The average molecular weight is 518 g/mol. The number of aliphatic hydroxyl groups excluding tert-OH is 1. The highest BCUT2D eigenvalue weighted by Crippen LogP contribution is 2.29. The molecule has 0 aromatic heterocycles. The zero-order valence-corrected chi connectivity index (χ0v) is 22.3. The normalized spacial score (nSPS) is 31.8. The number of allylic oxidation sites excluding steroid dienone is 2. The van der Waals surface area contributed by atoms with Crippen LogP contribution in [0, 0.1) is 11.8 Å². The second kappa shape index (κ2) is 14.0. The number of ether oxygens (including phenoxy) is 4. The summed E-state index contributed by atoms with van der Waals surface area (Å²) in [6, 6.07) is 4.66. The molecule has 9 heteroatoms. The van der Waals surface area contributed by atoms with Gasteiger partial charge in [0.15, 0.2) is 6.10 Å². The van der Waals surface area contributed by atoms with Crippen molar-refractivity contribution in [3.63, 3.8) is 0 Å². The van der Waals surface area contributed by atoms with E-state index in [1.165, 1.54) is 26.4 Å². The first-order valence-corrected chi connectivity index (χ1v) is 12.2. The van der Waals surface area contributed by atoms with Crippen LogP contribution in [-0.2, 0) is 25.4 Å². The van der Waals surface area contributed by atoms with Crippen LogP contribution in [0.25, 0.3) is 0 Å². The van der Waals surface area contributed by atoms with Crippen molar-refractivity contribution in [3.05, 3.63) is 59.2 Å². The Bertz CT molecular complexity index is 1030. The molecule has 6 unspecified atom stereocenters. The van der Waals surface area contributed by atoms with E-state index in [-0.39, 0.29) is 17.6 Å². The van der Waals surface area contributed by atoms with Gasteiger partial charge in [0, 0.05) is 25.7 Å². The van der Waals surface area contributed by atoms with Crippen LogP contribution in [0.2, 0.25) is 0 Å². The van der Waals surface area contributed by atoms with Gasteiger partial charge in [-0.3, -0.25) is 0 Å². The van der Waals surface area contributed by atoms with Gasteiger partial charge in [-0.05, 0) is 61.9 Å². The van der Waals surface area contributed by atoms with Crippen molar-refractivity contribution in [3.8, 4) is 11.5 Å². The fourth-order valence-corrected chi connectivity index (χ4v) is 4.38. The Morgan fingerprint density at radius 2 is 1.86 bits per heavy atom. The van der Waals surface area contributed by atoms with Crippen molar-refractivity contribution in [1.82, 2.24) is 0 Å². The van der Waals surface area contributed by atoms with Crippen LogP contribution in [0.5, 0.6) is 11.5 Å². The molecule has 4 N–H and O–H groups in total. The minimum atomic E-state index is -0.969. The summed E-state index contributed by atoms with van der Waals surface area (Å²) in [6.07, 6.45) is 3.68. The lowest BCUT2D eigenvalue weighted by molar-refractivity contribution is -0.130. The summed E-state index contributed by atoms with van der Waals surface area (Å²) < 4.78 is 22.0. The Kier molecular flexibility index (Phi) is 11.4. The van der Waals surface area contributed by atoms with Crippen LogP contribution >= 0.6 is 0 Å². The predicted octanol–water partition coefficient (Wildman–Crippen LogP) is 3.82. The number of benzene rings is 1. The topological polar surface area (TPSA) is 138 Å². The van der Waals surface area contributed by atoms with E-state index in [0.717, 1.165) is 0 Å². The molecule has 0 saturated heterocycles. The summed E-state index contributed by atoms with van der Waals surface area (Å²) in [5, 5.41) is 21.5. The summed E-state index contributed by atoms with van der Waals surface area (Å²) in [6.45, 7) is 7.20. The fourth-order valence-electron chi connectivity index (χ4n) is 4.38. The summed E-state index contributed by atoms with van der Waals surface area (Å²) in [7, 11) is 3.00. The molecular formula is C28H39NO8. The Morgan fingerprint density at radius 1 is 1.16 bits per heavy atom. The number of carbonyl (C=O) groups excluding carboxylic acids is 2. The Labute approximate surface area is 218 Å². The molecule has 1 aromatic rings. The minimum Gasteiger partial charge on any atom is -0.508 e. The molecule has 2 bridgehead atoms. The van der Waals surface area contributed by atoms with Gasteiger partial charge >= 0.3 is 12.1 Å². The van der Waals surface area contributed by atoms with Crippen molar-refractivity contribution < 1.29 is 38.7 Å². The van der Waals surface area contributed by atoms with Crippen molar-refractivity contribution in [2.75, 3.05) is 14.2 Å². The van der Waals surface area contributed by atoms with E-state index in [4.69, 9.17) is 24.7 Å². The lowest BCUT2D eigenvalue weighted by Gasteiger charge is -2.29. The maximum absolute atomic E-state index is 12.6. The molecular weight excluding hydrogens is 478 g/mol. The number of methoxy groups -OCH3 is 2. The quantitative estimate of drug-likeness (QED) is 0.313. The fraction of sp³-hybridized carbons (Fsp3) is 0.500. The van der Waals surface area contributed by atoms with Crippen molar-refractivity contribution in [1.29, 1.82) is 0 Å². The van der Waals surface area contributed by atoms with Gasteiger partial charge < -0.3 is 34.9 Å². The first kappa shape index (κ1) is 30.1. The Balaban J connectivity index is 2.53. The zero-order chi connectivity index (χ0) is 27.7. The van der Waals surface area contributed by atoms with E-state index >= 15 is 0 Å². The van der Waals surface area contributed by atoms with E-state index in [1.807, 2.05) is 13.8 Å². The molecule has 1 heterocycles. The number of nitrogens with two attached hydrogens (primary N) is 1. The monoisotopic (exact) mass is 517 g/mol. The number of hydrogen-bond donors (Lipinski definition) is 3. The van der Waals surface area contributed by atoms with Gasteiger partial charge in [-0.25, -0.2) is 9.59 Å². The molecule has 0 saturated carbocycles. The third kappa shape index (κ3) is 8.73. The van der Waals surface area contributed by atoms with Gasteiger partial charge in [0.05, 0.1) is 12.2 Å². The van der Waals surface area contributed by atoms with Crippen molar-refractivity contribution >= 4 is 12.1 Å². The highest BCUT2D eigenvalue weighted by molar-refractivity contribution is 5.89. The number of hydrogen-bond acceptors (Lipinski definition) is 8. The first-order valence-electron chi connectivity index (χ1n) is 12.2. The largest absolute Gasteiger partial charge is 0.508 e. The van der Waals surface area contributed by atoms with Gasteiger partial charge in [0.2, 0.25) is 0 Å². The number of aromatic hydroxyl groups is 1. The SMILES string of the molecule is COC1/C=C\C=C(/C)C(=O)Oc2ccc(O)c(c2)CC(C)CC(OC)C(O)C(C)/C=C(/C)C1OC(N)=O. The number of primary amides is 1. The summed E-state index contributed by atoms with van der Waals surface area (Å²) >= 11 is 0. The number of phenols is 1. The number of fused-ring (bicyclic) bond motifs is 2. The number of phenolic OH excluding ortho intramolecular Hbond substituents is 1. The third-order valence-corrected chi connectivity index (χ3v) is 6.44. The van der Waals surface area contributed by atoms with Crippen LogP contribution in [0.3, 0.4) is 0 Å². The molecule has 0 radical (unpaired) electrons. The summed E-state index contributed by atoms with van der Waals surface area (Å²) in [5.74, 6) is -0.491. The molecule has 2 rings (SSSR count). The van der Waals surface area contributed by atoms with Gasteiger partial charge in [0.25, 0.3) is 0 Å². The molecule has 1 aliphatic rings. The molecule has 6 atom stereocenters. The lowest BCUT2D eigenvalue weighted by Crippen LogP contribution is -2.37. The van der Waals surface area contributed by atoms with Gasteiger partial charge in [0.1, 0.15) is 17.6 Å². The van der Waals surface area contributed by atoms with Crippen LogP contribution in [0.15, 0.2) is 53.6 Å². The third-order valence-electron chi connectivity index (χ3n) is 6.44. The van der Waals surface area contributed by atoms with E-state index < -0.39 is 36.5 Å². The highest BCUT2D eigenvalue weighted by Gasteiger charge is 2.29. The van der Waals surface area contributed by atoms with Crippen LogP contribution in [0.4, 0.5) is 4.79 Å². The van der Waals surface area contributed by atoms with Crippen molar-refractivity contribution in [2.24, 2.45) is 17.6 Å². The lowest BCUT2D eigenvalue weighted by atomic mass is 9.88. The number of carbonyl (C=O) groups is 2. The molecule has 0 spiro atoms. The zero-order valence-electron chi connectivity index (χ0n) is 22.3. The second-order valence-electron chi connectivity index (χ2n) is 9.55. The van der Waals surface area contributed by atoms with E-state index in [0.29, 0.717) is 35.3 Å². The van der Waals surface area contributed by atoms with Crippen LogP contribution < -0.4 is 10.5 Å². The minimum absolute atomic E-state index is 0.0189. The van der Waals surface area contributed by atoms with Crippen LogP contribution in [0.1, 0.15) is 39.7 Å². The maximum atomic E-state index is 12.6. The Morgan fingerprint density at radius 3 is 2.49 bits per heavy atom. The maximum Gasteiger partial charge on any atom is 0.405 e. The summed E-state index contributed by atoms with van der Waals surface area (Å²) in [5.41, 5.74) is 6.90. The number of aliphatic hydroxyl groups is 1. The average Bonchev–Trinajstić information content (AvgIpc) is 2.84. The number of esters is 1. The molecule has 1 amide bonds. The van der Waals surface area contributed by atoms with Gasteiger partial charge in [-0.1, -0.05) is 38.2 Å². The standard InChI is InChI=1S/C28H39NO8/c1-16-12-20-15-21(10-11-22(20)30)36-27(32)17(2)8-7-9-23(34-5)26(37-28(29)33)19(4)14-18(3)25(31)24(13-16)35-6/h7-11,14-16,18,23-26,30-31H,12-13H2,1-6H3,(H2,29,33)/b9-7-,17-8+,19-14-. The molecule has 9 nitrogen and oxygen atoms in total. The molecule has 1 aliphatic heterocycles. The number of rotatable bonds is 3. The van der Waals surface area contributed by atoms with Gasteiger partial charge in [-0.15, -0.1) is 0 Å². The predicted molar refractivity (Wildman–Crippen MR) is 139 cm³/mol. The van der Waals surface area contributed by atoms with E-state index in [9.17, 15) is 19.8 Å². The Hall–Kier alpha value is -3.14. The van der Waals surface area contributed by atoms with Gasteiger partial charge in [-0.2, -0.15) is 0 Å². The van der Waals surface area contributed by atoms with Crippen molar-refractivity contribution in [2.45, 2.75) is 65.0 Å². The first-order chi connectivity index (χ1) is 17.5. The molecule has 204 valence electrons. The molecule has 0 fully saturated rings. The molecule has 1 aromatic carbocycles. The van der Waals surface area contributed by atoms with E-state index in [2.05, 4.69) is 0 Å². The second-order valence-corrected chi connectivity index (χ2v) is 9.55. The summed E-state index contributed by atoms with van der Waals surface area (Å²) in [4.78, 5) is 24.3.